The van der Waals surface area contributed by atoms with Crippen molar-refractivity contribution in [3.63, 3.8) is 0 Å². The molecule has 0 spiro atoms. The molecule has 0 aromatic heterocycles. The van der Waals surface area contributed by atoms with E-state index in [4.69, 9.17) is 4.74 Å². The fraction of sp³-hybridized carbons (Fsp3) is 0.529. The average Bonchev–Trinajstić information content (AvgIpc) is 3.07. The summed E-state index contributed by atoms with van der Waals surface area (Å²) in [6.07, 6.45) is -0.402. The van der Waals surface area contributed by atoms with Gasteiger partial charge in [-0.3, -0.25) is 9.59 Å². The van der Waals surface area contributed by atoms with Crippen LogP contribution < -0.4 is 5.32 Å². The number of fused-ring (bicyclic) bond motifs is 1. The van der Waals surface area contributed by atoms with Gasteiger partial charge in [0.25, 0.3) is 0 Å². The van der Waals surface area contributed by atoms with E-state index in [9.17, 15) is 14.7 Å². The van der Waals surface area contributed by atoms with Crippen LogP contribution in [0.4, 0.5) is 5.69 Å². The molecule has 1 aromatic rings. The van der Waals surface area contributed by atoms with Gasteiger partial charge >= 0.3 is 5.97 Å². The lowest BCUT2D eigenvalue weighted by Crippen LogP contribution is -2.42. The maximum atomic E-state index is 12.8. The summed E-state index contributed by atoms with van der Waals surface area (Å²) in [7, 11) is 0. The number of rotatable bonds is 2. The molecule has 2 bridgehead atoms. The number of aliphatic hydroxyl groups is 1. The van der Waals surface area contributed by atoms with Gasteiger partial charge in [-0.05, 0) is 31.4 Å². The number of amides is 1. The summed E-state index contributed by atoms with van der Waals surface area (Å²) < 4.78 is 5.26. The smallest absolute Gasteiger partial charge is 0.310 e. The lowest BCUT2D eigenvalue weighted by Gasteiger charge is -2.28. The molecule has 5 nitrogen and oxygen atoms in total. The molecule has 2 aliphatic carbocycles. The first kappa shape index (κ1) is 13.8. The SMILES string of the molecule is Cc1cccc(C)c1NC(=O)[C@@H]1[C@H]2C[C@H]3[C@H](OC(=O)[C@@H]31)[C@H]2O. The Kier molecular flexibility index (Phi) is 2.85. The minimum atomic E-state index is -0.707. The lowest BCUT2D eigenvalue weighted by molar-refractivity contribution is -0.146. The Bertz CT molecular complexity index is 650. The normalized spacial score (nSPS) is 38.2. The molecule has 1 saturated heterocycles. The molecular weight excluding hydrogens is 282 g/mol. The highest BCUT2D eigenvalue weighted by molar-refractivity contribution is 5.98. The van der Waals surface area contributed by atoms with E-state index >= 15 is 0 Å². The van der Waals surface area contributed by atoms with Gasteiger partial charge in [0.1, 0.15) is 6.10 Å². The molecular formula is C17H19NO4. The van der Waals surface area contributed by atoms with Crippen molar-refractivity contribution in [3.8, 4) is 0 Å². The highest BCUT2D eigenvalue weighted by Gasteiger charge is 2.68. The van der Waals surface area contributed by atoms with Crippen molar-refractivity contribution in [1.82, 2.24) is 0 Å². The van der Waals surface area contributed by atoms with Crippen LogP contribution >= 0.6 is 0 Å². The molecule has 6 atom stereocenters. The summed E-state index contributed by atoms with van der Waals surface area (Å²) in [5.74, 6) is -1.54. The standard InChI is InChI=1S/C17H19NO4/c1-7-4-3-5-8(2)13(7)18-16(20)11-9-6-10-12(11)17(21)22-15(10)14(9)19/h3-5,9-12,14-15,19H,6H2,1-2H3,(H,18,20)/t9-,10-,11-,12+,14+,15+/m1/s1. The number of anilines is 1. The van der Waals surface area contributed by atoms with Gasteiger partial charge in [0.05, 0.1) is 17.9 Å². The van der Waals surface area contributed by atoms with Gasteiger partial charge < -0.3 is 15.2 Å². The van der Waals surface area contributed by atoms with Crippen LogP contribution in [0.25, 0.3) is 0 Å². The molecule has 1 aliphatic heterocycles. The summed E-state index contributed by atoms with van der Waals surface area (Å²) in [5.41, 5.74) is 2.78. The van der Waals surface area contributed by atoms with Crippen LogP contribution in [0, 0.1) is 37.5 Å². The van der Waals surface area contributed by atoms with Crippen molar-refractivity contribution >= 4 is 17.6 Å². The Labute approximate surface area is 128 Å². The van der Waals surface area contributed by atoms with E-state index in [1.165, 1.54) is 0 Å². The summed E-state index contributed by atoms with van der Waals surface area (Å²) in [4.78, 5) is 24.8. The molecule has 116 valence electrons. The molecule has 0 unspecified atom stereocenters. The Balaban J connectivity index is 1.63. The fourth-order valence-electron chi connectivity index (χ4n) is 4.59. The highest BCUT2D eigenvalue weighted by Crippen LogP contribution is 2.57. The van der Waals surface area contributed by atoms with Gasteiger partial charge in [0.15, 0.2) is 0 Å². The van der Waals surface area contributed by atoms with Gasteiger partial charge in [-0.2, -0.15) is 0 Å². The minimum Gasteiger partial charge on any atom is -0.459 e. The van der Waals surface area contributed by atoms with E-state index in [1.54, 1.807) is 0 Å². The van der Waals surface area contributed by atoms with E-state index in [0.717, 1.165) is 16.8 Å². The van der Waals surface area contributed by atoms with Crippen molar-refractivity contribution in [2.45, 2.75) is 32.5 Å². The second-order valence-electron chi connectivity index (χ2n) is 6.76. The Morgan fingerprint density at radius 2 is 1.95 bits per heavy atom. The van der Waals surface area contributed by atoms with Gasteiger partial charge in [-0.25, -0.2) is 0 Å². The van der Waals surface area contributed by atoms with Crippen molar-refractivity contribution in [2.75, 3.05) is 5.32 Å². The zero-order chi connectivity index (χ0) is 15.6. The fourth-order valence-corrected chi connectivity index (χ4v) is 4.59. The molecule has 1 heterocycles. The van der Waals surface area contributed by atoms with E-state index in [2.05, 4.69) is 5.32 Å². The number of carbonyl (C=O) groups is 2. The van der Waals surface area contributed by atoms with Gasteiger partial charge in [0, 0.05) is 17.5 Å². The molecule has 3 aliphatic rings. The second kappa shape index (κ2) is 4.56. The van der Waals surface area contributed by atoms with Crippen LogP contribution in [-0.4, -0.2) is 29.2 Å². The van der Waals surface area contributed by atoms with Crippen LogP contribution in [0.3, 0.4) is 0 Å². The Hall–Kier alpha value is -1.88. The van der Waals surface area contributed by atoms with Crippen molar-refractivity contribution in [2.24, 2.45) is 23.7 Å². The first-order valence-electron chi connectivity index (χ1n) is 7.74. The monoisotopic (exact) mass is 301 g/mol. The number of hydrogen-bond acceptors (Lipinski definition) is 4. The van der Waals surface area contributed by atoms with Gasteiger partial charge in [-0.1, -0.05) is 18.2 Å². The van der Waals surface area contributed by atoms with Crippen molar-refractivity contribution in [3.05, 3.63) is 29.3 Å². The summed E-state index contributed by atoms with van der Waals surface area (Å²) in [6, 6.07) is 5.83. The molecule has 1 aromatic carbocycles. The van der Waals surface area contributed by atoms with Crippen LogP contribution in [0.1, 0.15) is 17.5 Å². The maximum Gasteiger partial charge on any atom is 0.310 e. The largest absolute Gasteiger partial charge is 0.459 e. The summed E-state index contributed by atoms with van der Waals surface area (Å²) in [6.45, 7) is 3.89. The topological polar surface area (TPSA) is 75.6 Å². The Morgan fingerprint density at radius 3 is 2.64 bits per heavy atom. The first-order chi connectivity index (χ1) is 10.5. The van der Waals surface area contributed by atoms with E-state index in [1.807, 2.05) is 32.0 Å². The van der Waals surface area contributed by atoms with E-state index in [0.29, 0.717) is 6.42 Å². The van der Waals surface area contributed by atoms with E-state index < -0.39 is 18.1 Å². The van der Waals surface area contributed by atoms with Crippen LogP contribution in [0.15, 0.2) is 18.2 Å². The third-order valence-electron chi connectivity index (χ3n) is 5.61. The average molecular weight is 301 g/mol. The van der Waals surface area contributed by atoms with Crippen LogP contribution in [0.5, 0.6) is 0 Å². The lowest BCUT2D eigenvalue weighted by atomic mass is 9.78. The third-order valence-corrected chi connectivity index (χ3v) is 5.61. The Morgan fingerprint density at radius 1 is 1.27 bits per heavy atom. The predicted octanol–water partition coefficient (Wildman–Crippen LogP) is 1.41. The maximum absolute atomic E-state index is 12.8. The predicted molar refractivity (Wildman–Crippen MR) is 79.0 cm³/mol. The number of benzene rings is 1. The molecule has 3 fully saturated rings. The third kappa shape index (κ3) is 1.69. The van der Waals surface area contributed by atoms with Gasteiger partial charge in [-0.15, -0.1) is 0 Å². The van der Waals surface area contributed by atoms with Crippen molar-refractivity contribution in [1.29, 1.82) is 0 Å². The molecule has 4 rings (SSSR count). The number of carbonyl (C=O) groups excluding carboxylic acids is 2. The number of aryl methyl sites for hydroxylation is 2. The quantitative estimate of drug-likeness (QED) is 0.810. The molecule has 0 radical (unpaired) electrons. The van der Waals surface area contributed by atoms with Crippen LogP contribution in [0.2, 0.25) is 0 Å². The zero-order valence-electron chi connectivity index (χ0n) is 12.6. The summed E-state index contributed by atoms with van der Waals surface area (Å²) in [5, 5.41) is 13.2. The van der Waals surface area contributed by atoms with Crippen LogP contribution in [-0.2, 0) is 14.3 Å². The zero-order valence-corrected chi connectivity index (χ0v) is 12.6. The van der Waals surface area contributed by atoms with Crippen molar-refractivity contribution < 1.29 is 19.4 Å². The number of hydrogen-bond donors (Lipinski definition) is 2. The van der Waals surface area contributed by atoms with E-state index in [-0.39, 0.29) is 29.6 Å². The number of esters is 1. The van der Waals surface area contributed by atoms with Gasteiger partial charge in [0.2, 0.25) is 5.91 Å². The number of ether oxygens (including phenoxy) is 1. The number of para-hydroxylation sites is 1. The number of aliphatic hydroxyl groups excluding tert-OH is 1. The minimum absolute atomic E-state index is 0.00113. The second-order valence-corrected chi connectivity index (χ2v) is 6.76. The molecule has 2 N–H and O–H groups in total. The molecule has 5 heteroatoms. The molecule has 2 saturated carbocycles. The molecule has 1 amide bonds. The molecule has 22 heavy (non-hydrogen) atoms. The highest BCUT2D eigenvalue weighted by atomic mass is 16.6. The summed E-state index contributed by atoms with van der Waals surface area (Å²) >= 11 is 0. The first-order valence-corrected chi connectivity index (χ1v) is 7.74. The number of nitrogens with one attached hydrogen (secondary N) is 1.